The molecule has 0 aromatic heterocycles. The van der Waals surface area contributed by atoms with E-state index in [1.807, 2.05) is 18.2 Å². The average molecular weight is 335 g/mol. The van der Waals surface area contributed by atoms with Crippen molar-refractivity contribution in [2.45, 2.75) is 46.1 Å². The number of nitrogens with zero attached hydrogens (tertiary/aromatic N) is 1. The summed E-state index contributed by atoms with van der Waals surface area (Å²) in [5.74, 6) is -0.105. The van der Waals surface area contributed by atoms with Crippen LogP contribution in [0.3, 0.4) is 0 Å². The highest BCUT2D eigenvalue weighted by Gasteiger charge is 2.72. The van der Waals surface area contributed by atoms with Crippen LogP contribution in [-0.4, -0.2) is 23.3 Å². The number of rotatable bonds is 3. The van der Waals surface area contributed by atoms with Gasteiger partial charge in [0.1, 0.15) is 0 Å². The molecule has 2 saturated carbocycles. The van der Waals surface area contributed by atoms with Gasteiger partial charge in [-0.05, 0) is 36.2 Å². The summed E-state index contributed by atoms with van der Waals surface area (Å²) in [5, 5.41) is 15.1. The molecule has 2 aliphatic rings. The van der Waals surface area contributed by atoms with Crippen molar-refractivity contribution < 1.29 is 9.90 Å². The predicted octanol–water partition coefficient (Wildman–Crippen LogP) is 3.37. The van der Waals surface area contributed by atoms with Crippen molar-refractivity contribution in [2.75, 3.05) is 0 Å². The van der Waals surface area contributed by atoms with Crippen LogP contribution in [-0.2, 0) is 4.79 Å². The molecule has 124 valence electrons. The first-order valence-electron chi connectivity index (χ1n) is 8.01. The van der Waals surface area contributed by atoms with Crippen LogP contribution in [0.25, 0.3) is 0 Å². The van der Waals surface area contributed by atoms with E-state index in [0.717, 1.165) is 18.4 Å². The molecule has 0 aliphatic heterocycles. The summed E-state index contributed by atoms with van der Waals surface area (Å²) in [6, 6.07) is 7.33. The van der Waals surface area contributed by atoms with Crippen molar-refractivity contribution in [1.82, 2.24) is 5.43 Å². The van der Waals surface area contributed by atoms with Crippen LogP contribution in [0.15, 0.2) is 29.4 Å². The summed E-state index contributed by atoms with van der Waals surface area (Å²) in [4.78, 5) is 12.8. The zero-order valence-corrected chi connectivity index (χ0v) is 14.5. The molecule has 1 aromatic carbocycles. The molecule has 0 heterocycles. The standard InChI is InChI=1S/C18H23ClN2O2/c1-16(2)17(3)8-9-18(16,10-14(17)22)15(23)21-20-11-12-6-4-5-7-13(12)19/h4-7,11,14,22H,8-10H2,1-3H3,(H,21,23). The monoisotopic (exact) mass is 334 g/mol. The first kappa shape index (κ1) is 16.5. The zero-order valence-electron chi connectivity index (χ0n) is 13.8. The molecule has 23 heavy (non-hydrogen) atoms. The van der Waals surface area contributed by atoms with Gasteiger partial charge in [-0.1, -0.05) is 50.6 Å². The van der Waals surface area contributed by atoms with Gasteiger partial charge >= 0.3 is 0 Å². The van der Waals surface area contributed by atoms with E-state index in [1.165, 1.54) is 0 Å². The van der Waals surface area contributed by atoms with Gasteiger partial charge in [0.2, 0.25) is 5.91 Å². The Morgan fingerprint density at radius 1 is 1.35 bits per heavy atom. The summed E-state index contributed by atoms with van der Waals surface area (Å²) in [5.41, 5.74) is 2.40. The molecule has 0 spiro atoms. The molecule has 0 saturated heterocycles. The first-order valence-corrected chi connectivity index (χ1v) is 8.38. The second kappa shape index (κ2) is 5.32. The van der Waals surface area contributed by atoms with Gasteiger partial charge in [0.25, 0.3) is 0 Å². The maximum atomic E-state index is 12.8. The number of carbonyl (C=O) groups is 1. The van der Waals surface area contributed by atoms with E-state index in [-0.39, 0.29) is 16.7 Å². The molecule has 1 aromatic rings. The summed E-state index contributed by atoms with van der Waals surface area (Å²) < 4.78 is 0. The number of amides is 1. The second-order valence-corrected chi connectivity index (χ2v) is 7.97. The Morgan fingerprint density at radius 2 is 2.04 bits per heavy atom. The lowest BCUT2D eigenvalue weighted by atomic mass is 9.64. The van der Waals surface area contributed by atoms with Crippen LogP contribution in [0.4, 0.5) is 0 Å². The molecule has 2 bridgehead atoms. The molecule has 3 rings (SSSR count). The highest BCUT2D eigenvalue weighted by atomic mass is 35.5. The smallest absolute Gasteiger partial charge is 0.246 e. The van der Waals surface area contributed by atoms with Gasteiger partial charge in [-0.25, -0.2) is 5.43 Å². The van der Waals surface area contributed by atoms with Crippen molar-refractivity contribution in [1.29, 1.82) is 0 Å². The highest BCUT2D eigenvalue weighted by Crippen LogP contribution is 2.72. The van der Waals surface area contributed by atoms with E-state index >= 15 is 0 Å². The van der Waals surface area contributed by atoms with Crippen molar-refractivity contribution in [3.05, 3.63) is 34.9 Å². The highest BCUT2D eigenvalue weighted by molar-refractivity contribution is 6.33. The number of hydrogen-bond acceptors (Lipinski definition) is 3. The van der Waals surface area contributed by atoms with Gasteiger partial charge in [0.05, 0.1) is 17.7 Å². The van der Waals surface area contributed by atoms with Crippen LogP contribution in [0.1, 0.15) is 45.6 Å². The summed E-state index contributed by atoms with van der Waals surface area (Å²) in [7, 11) is 0. The number of halogens is 1. The first-order chi connectivity index (χ1) is 10.7. The lowest BCUT2D eigenvalue weighted by Crippen LogP contribution is -2.45. The van der Waals surface area contributed by atoms with Crippen LogP contribution in [0, 0.1) is 16.2 Å². The van der Waals surface area contributed by atoms with Crippen LogP contribution < -0.4 is 5.43 Å². The number of aliphatic hydroxyl groups excluding tert-OH is 1. The second-order valence-electron chi connectivity index (χ2n) is 7.57. The molecule has 5 heteroatoms. The Morgan fingerprint density at radius 3 is 2.61 bits per heavy atom. The number of benzene rings is 1. The van der Waals surface area contributed by atoms with Crippen molar-refractivity contribution >= 4 is 23.7 Å². The van der Waals surface area contributed by atoms with Crippen molar-refractivity contribution in [3.63, 3.8) is 0 Å². The van der Waals surface area contributed by atoms with Gasteiger partial charge in [0.15, 0.2) is 0 Å². The summed E-state index contributed by atoms with van der Waals surface area (Å²) in [6.07, 6.45) is 3.28. The van der Waals surface area contributed by atoms with Crippen LogP contribution in [0.2, 0.25) is 5.02 Å². The number of carbonyl (C=O) groups excluding carboxylic acids is 1. The SMILES string of the molecule is CC12CCC(C(=O)NN=Cc3ccccc3Cl)(CC1O)C2(C)C. The lowest BCUT2D eigenvalue weighted by molar-refractivity contribution is -0.136. The molecule has 1 amide bonds. The summed E-state index contributed by atoms with van der Waals surface area (Å²) >= 11 is 6.07. The average Bonchev–Trinajstić information content (AvgIpc) is 2.79. The van der Waals surface area contributed by atoms with Crippen molar-refractivity contribution in [3.8, 4) is 0 Å². The minimum Gasteiger partial charge on any atom is -0.393 e. The maximum absolute atomic E-state index is 12.8. The normalized spacial score (nSPS) is 34.9. The third-order valence-electron chi connectivity index (χ3n) is 6.68. The number of nitrogens with one attached hydrogen (secondary N) is 1. The Kier molecular flexibility index (Phi) is 3.81. The fourth-order valence-corrected chi connectivity index (χ4v) is 4.66. The molecule has 2 N–H and O–H groups in total. The fraction of sp³-hybridized carbons (Fsp3) is 0.556. The molecule has 2 aliphatic carbocycles. The largest absolute Gasteiger partial charge is 0.393 e. The molecular weight excluding hydrogens is 312 g/mol. The van der Waals surface area contributed by atoms with Gasteiger partial charge in [-0.3, -0.25) is 4.79 Å². The molecular formula is C18H23ClN2O2. The van der Waals surface area contributed by atoms with Gasteiger partial charge in [-0.15, -0.1) is 0 Å². The Bertz CT molecular complexity index is 673. The molecule has 0 radical (unpaired) electrons. The minimum absolute atomic E-state index is 0.105. The minimum atomic E-state index is -0.557. The van der Waals surface area contributed by atoms with E-state index in [4.69, 9.17) is 11.6 Å². The zero-order chi connectivity index (χ0) is 16.9. The quantitative estimate of drug-likeness (QED) is 0.657. The summed E-state index contributed by atoms with van der Waals surface area (Å²) in [6.45, 7) is 6.27. The third-order valence-corrected chi connectivity index (χ3v) is 7.03. The molecule has 3 unspecified atom stereocenters. The fourth-order valence-electron chi connectivity index (χ4n) is 4.48. The van der Waals surface area contributed by atoms with Gasteiger partial charge in [-0.2, -0.15) is 5.10 Å². The topological polar surface area (TPSA) is 61.7 Å². The van der Waals surface area contributed by atoms with Crippen LogP contribution in [0.5, 0.6) is 0 Å². The van der Waals surface area contributed by atoms with Gasteiger partial charge in [0, 0.05) is 10.6 Å². The van der Waals surface area contributed by atoms with Gasteiger partial charge < -0.3 is 5.11 Å². The van der Waals surface area contributed by atoms with E-state index < -0.39 is 11.5 Å². The molecule has 2 fully saturated rings. The Hall–Kier alpha value is -1.39. The van der Waals surface area contributed by atoms with E-state index in [2.05, 4.69) is 31.3 Å². The molecule has 4 nitrogen and oxygen atoms in total. The number of aliphatic hydroxyl groups is 1. The van der Waals surface area contributed by atoms with Crippen molar-refractivity contribution in [2.24, 2.45) is 21.3 Å². The Balaban J connectivity index is 1.78. The number of hydrazone groups is 1. The Labute approximate surface area is 141 Å². The van der Waals surface area contributed by atoms with E-state index in [9.17, 15) is 9.90 Å². The van der Waals surface area contributed by atoms with E-state index in [1.54, 1.807) is 12.3 Å². The third kappa shape index (κ3) is 2.15. The predicted molar refractivity (Wildman–Crippen MR) is 91.4 cm³/mol. The maximum Gasteiger partial charge on any atom is 0.246 e. The van der Waals surface area contributed by atoms with Crippen LogP contribution >= 0.6 is 11.6 Å². The number of fused-ring (bicyclic) bond motifs is 2. The molecule has 3 atom stereocenters. The lowest BCUT2D eigenvalue weighted by Gasteiger charge is -2.39. The van der Waals surface area contributed by atoms with E-state index in [0.29, 0.717) is 11.4 Å². The number of hydrogen-bond donors (Lipinski definition) is 2.